The molecule has 0 atom stereocenters. The standard InChI is InChI=1S/C40H36O9Si/c1-5-44-38(41)35-29-17-11-8-14-26(29)20-23-32(35)47-50(4,48-33-24-21-27-15-9-12-18-30(27)36(33)39(42)45-6-2)49-34-25-22-28-16-10-13-19-31(28)37(34)40(43)46-7-3/h8-25H,5-7H2,1-4H3. The molecule has 0 saturated carbocycles. The van der Waals surface area contributed by atoms with E-state index in [9.17, 15) is 14.4 Å². The van der Waals surface area contributed by atoms with E-state index in [0.717, 1.165) is 16.2 Å². The van der Waals surface area contributed by atoms with Crippen LogP contribution in [-0.2, 0) is 14.2 Å². The summed E-state index contributed by atoms with van der Waals surface area (Å²) >= 11 is 0. The third-order valence-corrected chi connectivity index (χ3v) is 9.77. The normalized spacial score (nSPS) is 11.3. The largest absolute Gasteiger partial charge is 0.696 e. The number of carbonyl (C=O) groups is 3. The van der Waals surface area contributed by atoms with Gasteiger partial charge in [-0.2, -0.15) is 0 Å². The lowest BCUT2D eigenvalue weighted by Crippen LogP contribution is -2.52. The second-order valence-corrected chi connectivity index (χ2v) is 13.6. The minimum atomic E-state index is -4.16. The first-order valence-electron chi connectivity index (χ1n) is 16.4. The molecule has 254 valence electrons. The molecule has 6 aromatic rings. The second-order valence-electron chi connectivity index (χ2n) is 11.3. The second kappa shape index (κ2) is 14.7. The molecule has 0 fully saturated rings. The molecule has 6 rings (SSSR count). The number of hydrogen-bond acceptors (Lipinski definition) is 9. The molecule has 10 heteroatoms. The minimum Gasteiger partial charge on any atom is -0.483 e. The Bertz CT molecular complexity index is 1980. The first kappa shape index (κ1) is 34.0. The highest BCUT2D eigenvalue weighted by Gasteiger charge is 2.46. The van der Waals surface area contributed by atoms with E-state index >= 15 is 0 Å². The zero-order chi connectivity index (χ0) is 35.3. The summed E-state index contributed by atoms with van der Waals surface area (Å²) in [4.78, 5) is 40.5. The maximum absolute atomic E-state index is 13.5. The Hall–Kier alpha value is -5.87. The highest BCUT2D eigenvalue weighted by atomic mass is 28.4. The van der Waals surface area contributed by atoms with Gasteiger partial charge in [0.05, 0.1) is 19.8 Å². The summed E-state index contributed by atoms with van der Waals surface area (Å²) < 4.78 is 36.6. The van der Waals surface area contributed by atoms with Gasteiger partial charge in [-0.3, -0.25) is 0 Å². The fourth-order valence-electron chi connectivity index (χ4n) is 5.91. The van der Waals surface area contributed by atoms with E-state index in [4.69, 9.17) is 27.5 Å². The highest BCUT2D eigenvalue weighted by Crippen LogP contribution is 2.37. The molecule has 0 radical (unpaired) electrons. The van der Waals surface area contributed by atoms with Crippen molar-refractivity contribution >= 4 is 59.0 Å². The Balaban J connectivity index is 1.56. The van der Waals surface area contributed by atoms with Crippen LogP contribution >= 0.6 is 0 Å². The maximum atomic E-state index is 13.5. The van der Waals surface area contributed by atoms with E-state index in [1.54, 1.807) is 63.7 Å². The average Bonchev–Trinajstić information content (AvgIpc) is 3.11. The molecular weight excluding hydrogens is 653 g/mol. The molecule has 0 aliphatic rings. The van der Waals surface area contributed by atoms with Gasteiger partial charge in [-0.1, -0.05) is 91.0 Å². The SMILES string of the molecule is CCOC(=O)c1c(O[Si](C)(Oc2ccc3ccccc3c2C(=O)OCC)Oc2ccc3ccccc3c2C(=O)OCC)ccc2ccccc12. The van der Waals surface area contributed by atoms with Crippen molar-refractivity contribution < 1.29 is 41.9 Å². The maximum Gasteiger partial charge on any atom is 0.696 e. The van der Waals surface area contributed by atoms with Gasteiger partial charge in [0.1, 0.15) is 33.9 Å². The van der Waals surface area contributed by atoms with Gasteiger partial charge in [-0.15, -0.1) is 0 Å². The molecular formula is C40H36O9Si. The zero-order valence-corrected chi connectivity index (χ0v) is 29.2. The Labute approximate surface area is 290 Å². The van der Waals surface area contributed by atoms with Crippen LogP contribution in [0.4, 0.5) is 0 Å². The van der Waals surface area contributed by atoms with Crippen LogP contribution in [0, 0.1) is 0 Å². The van der Waals surface area contributed by atoms with Gasteiger partial charge in [-0.25, -0.2) is 14.4 Å². The molecule has 0 N–H and O–H groups in total. The van der Waals surface area contributed by atoms with Gasteiger partial charge in [-0.05, 0) is 71.3 Å². The van der Waals surface area contributed by atoms with Gasteiger partial charge >= 0.3 is 26.7 Å². The lowest BCUT2D eigenvalue weighted by molar-refractivity contribution is 0.0517. The zero-order valence-electron chi connectivity index (χ0n) is 28.2. The summed E-state index contributed by atoms with van der Waals surface area (Å²) in [6.45, 7) is 7.23. The number of esters is 3. The van der Waals surface area contributed by atoms with Crippen molar-refractivity contribution in [3.05, 3.63) is 126 Å². The minimum absolute atomic E-state index is 0.142. The Morgan fingerprint density at radius 2 is 0.720 bits per heavy atom. The number of rotatable bonds is 12. The predicted octanol–water partition coefficient (Wildman–Crippen LogP) is 8.78. The molecule has 0 bridgehead atoms. The van der Waals surface area contributed by atoms with Crippen LogP contribution in [-0.4, -0.2) is 46.5 Å². The van der Waals surface area contributed by atoms with Crippen molar-refractivity contribution in [2.24, 2.45) is 0 Å². The summed E-state index contributed by atoms with van der Waals surface area (Å²) in [5.41, 5.74) is 0.553. The molecule has 50 heavy (non-hydrogen) atoms. The topological polar surface area (TPSA) is 107 Å². The summed E-state index contributed by atoms with van der Waals surface area (Å²) in [6.07, 6.45) is 0. The molecule has 0 aromatic heterocycles. The van der Waals surface area contributed by atoms with Gasteiger partial charge in [0.2, 0.25) is 0 Å². The predicted molar refractivity (Wildman–Crippen MR) is 193 cm³/mol. The highest BCUT2D eigenvalue weighted by molar-refractivity contribution is 6.62. The van der Waals surface area contributed by atoms with E-state index in [1.165, 1.54) is 0 Å². The van der Waals surface area contributed by atoms with Crippen molar-refractivity contribution in [1.29, 1.82) is 0 Å². The van der Waals surface area contributed by atoms with Crippen molar-refractivity contribution in [3.8, 4) is 17.2 Å². The van der Waals surface area contributed by atoms with Crippen molar-refractivity contribution in [2.45, 2.75) is 27.3 Å². The van der Waals surface area contributed by atoms with Crippen LogP contribution in [0.3, 0.4) is 0 Å². The molecule has 9 nitrogen and oxygen atoms in total. The first-order valence-corrected chi connectivity index (χ1v) is 18.6. The Kier molecular flexibility index (Phi) is 10.0. The average molecular weight is 689 g/mol. The van der Waals surface area contributed by atoms with E-state index in [2.05, 4.69) is 0 Å². The molecule has 0 heterocycles. The lowest BCUT2D eigenvalue weighted by atomic mass is 10.0. The van der Waals surface area contributed by atoms with Crippen LogP contribution in [0.15, 0.2) is 109 Å². The number of fused-ring (bicyclic) bond motifs is 3. The van der Waals surface area contributed by atoms with Crippen molar-refractivity contribution in [3.63, 3.8) is 0 Å². The summed E-state index contributed by atoms with van der Waals surface area (Å²) in [7, 11) is -4.16. The number of carbonyl (C=O) groups excluding carboxylic acids is 3. The molecule has 0 aliphatic carbocycles. The number of hydrogen-bond donors (Lipinski definition) is 0. The fraction of sp³-hybridized carbons (Fsp3) is 0.175. The van der Waals surface area contributed by atoms with Gasteiger partial charge in [0.15, 0.2) is 0 Å². The van der Waals surface area contributed by atoms with E-state index in [1.807, 2.05) is 72.8 Å². The van der Waals surface area contributed by atoms with E-state index in [0.29, 0.717) is 16.2 Å². The van der Waals surface area contributed by atoms with Crippen molar-refractivity contribution in [2.75, 3.05) is 19.8 Å². The monoisotopic (exact) mass is 688 g/mol. The van der Waals surface area contributed by atoms with E-state index in [-0.39, 0.29) is 53.8 Å². The van der Waals surface area contributed by atoms with Gasteiger partial charge < -0.3 is 27.5 Å². The third kappa shape index (κ3) is 6.83. The van der Waals surface area contributed by atoms with Crippen LogP contribution in [0.1, 0.15) is 51.8 Å². The molecule has 6 aromatic carbocycles. The number of benzene rings is 6. The van der Waals surface area contributed by atoms with Crippen LogP contribution in [0.5, 0.6) is 17.2 Å². The van der Waals surface area contributed by atoms with E-state index < -0.39 is 26.7 Å². The molecule has 0 saturated heterocycles. The lowest BCUT2D eigenvalue weighted by Gasteiger charge is -2.30. The quantitative estimate of drug-likeness (QED) is 0.0708. The van der Waals surface area contributed by atoms with Crippen molar-refractivity contribution in [1.82, 2.24) is 0 Å². The fourth-order valence-corrected chi connectivity index (χ4v) is 7.75. The smallest absolute Gasteiger partial charge is 0.483 e. The van der Waals surface area contributed by atoms with Crippen LogP contribution in [0.2, 0.25) is 6.55 Å². The molecule has 0 unspecified atom stereocenters. The summed E-state index contributed by atoms with van der Waals surface area (Å²) in [5.74, 6) is -1.33. The summed E-state index contributed by atoms with van der Waals surface area (Å²) in [6, 6.07) is 32.6. The Morgan fingerprint density at radius 3 is 1.00 bits per heavy atom. The Morgan fingerprint density at radius 1 is 0.440 bits per heavy atom. The van der Waals surface area contributed by atoms with Gasteiger partial charge in [0, 0.05) is 6.55 Å². The molecule has 0 aliphatic heterocycles. The van der Waals surface area contributed by atoms with Crippen LogP contribution < -0.4 is 13.3 Å². The van der Waals surface area contributed by atoms with Crippen LogP contribution in [0.25, 0.3) is 32.3 Å². The molecule has 0 spiro atoms. The first-order chi connectivity index (χ1) is 24.3. The van der Waals surface area contributed by atoms with Gasteiger partial charge in [0.25, 0.3) is 0 Å². The number of ether oxygens (including phenoxy) is 3. The molecule has 0 amide bonds. The summed E-state index contributed by atoms with van der Waals surface area (Å²) in [5, 5.41) is 4.21. The third-order valence-electron chi connectivity index (χ3n) is 8.00.